The molecule has 0 radical (unpaired) electrons. The zero-order chi connectivity index (χ0) is 17.3. The fourth-order valence-corrected chi connectivity index (χ4v) is 1.68. The van der Waals surface area contributed by atoms with Crippen LogP contribution in [-0.4, -0.2) is 37.4 Å². The third kappa shape index (κ3) is 8.09. The Morgan fingerprint density at radius 2 is 1.78 bits per heavy atom. The molecule has 23 heavy (non-hydrogen) atoms. The number of carbonyl (C=O) groups is 2. The van der Waals surface area contributed by atoms with E-state index in [1.165, 1.54) is 0 Å². The van der Waals surface area contributed by atoms with Crippen molar-refractivity contribution in [2.24, 2.45) is 0 Å². The number of hydrogen-bond acceptors (Lipinski definition) is 5. The molecule has 0 saturated heterocycles. The Morgan fingerprint density at radius 1 is 1.13 bits per heavy atom. The number of alkyl carbamates (subject to hydrolysis) is 1. The standard InChI is InChI=1S/C17H25NO5/c1-5-21-14-9-7-13(8-10-14)15(19)22-12-6-11-18-16(20)23-17(2,3)4/h7-10H,5-6,11-12H2,1-4H3,(H,18,20). The minimum absolute atomic E-state index is 0.224. The van der Waals surface area contributed by atoms with E-state index in [0.717, 1.165) is 0 Å². The van der Waals surface area contributed by atoms with Crippen LogP contribution in [0.5, 0.6) is 5.75 Å². The molecule has 1 rings (SSSR count). The highest BCUT2D eigenvalue weighted by Gasteiger charge is 2.15. The van der Waals surface area contributed by atoms with Crippen molar-refractivity contribution in [3.63, 3.8) is 0 Å². The monoisotopic (exact) mass is 323 g/mol. The van der Waals surface area contributed by atoms with E-state index in [1.54, 1.807) is 45.0 Å². The van der Waals surface area contributed by atoms with Crippen molar-refractivity contribution in [1.29, 1.82) is 0 Å². The van der Waals surface area contributed by atoms with E-state index in [0.29, 0.717) is 30.9 Å². The summed E-state index contributed by atoms with van der Waals surface area (Å²) in [7, 11) is 0. The van der Waals surface area contributed by atoms with Crippen molar-refractivity contribution >= 4 is 12.1 Å². The lowest BCUT2D eigenvalue weighted by Gasteiger charge is -2.19. The molecule has 0 aliphatic carbocycles. The van der Waals surface area contributed by atoms with E-state index in [4.69, 9.17) is 14.2 Å². The molecule has 1 aromatic carbocycles. The van der Waals surface area contributed by atoms with Gasteiger partial charge in [-0.15, -0.1) is 0 Å². The first kappa shape index (κ1) is 18.8. The molecule has 0 aromatic heterocycles. The topological polar surface area (TPSA) is 73.9 Å². The predicted octanol–water partition coefficient (Wildman–Crippen LogP) is 3.16. The summed E-state index contributed by atoms with van der Waals surface area (Å²) in [6, 6.07) is 6.77. The first-order valence-electron chi connectivity index (χ1n) is 7.68. The Hall–Kier alpha value is -2.24. The molecule has 0 atom stereocenters. The summed E-state index contributed by atoms with van der Waals surface area (Å²) in [5.74, 6) is 0.316. The smallest absolute Gasteiger partial charge is 0.407 e. The number of nitrogens with one attached hydrogen (secondary N) is 1. The van der Waals surface area contributed by atoms with Crippen LogP contribution in [0.1, 0.15) is 44.5 Å². The Balaban J connectivity index is 2.22. The number of rotatable bonds is 7. The van der Waals surface area contributed by atoms with Crippen molar-refractivity contribution < 1.29 is 23.8 Å². The van der Waals surface area contributed by atoms with Crippen LogP contribution in [0.4, 0.5) is 4.79 Å². The third-order valence-electron chi connectivity index (χ3n) is 2.62. The molecule has 6 nitrogen and oxygen atoms in total. The van der Waals surface area contributed by atoms with Crippen LogP contribution in [0.3, 0.4) is 0 Å². The molecule has 6 heteroatoms. The highest BCUT2D eigenvalue weighted by molar-refractivity contribution is 5.89. The van der Waals surface area contributed by atoms with Gasteiger partial charge in [-0.05, 0) is 58.4 Å². The van der Waals surface area contributed by atoms with E-state index >= 15 is 0 Å². The SMILES string of the molecule is CCOc1ccc(C(=O)OCCCNC(=O)OC(C)(C)C)cc1. The van der Waals surface area contributed by atoms with Crippen LogP contribution in [0.25, 0.3) is 0 Å². The largest absolute Gasteiger partial charge is 0.494 e. The van der Waals surface area contributed by atoms with E-state index in [-0.39, 0.29) is 6.61 Å². The summed E-state index contributed by atoms with van der Waals surface area (Å²) >= 11 is 0. The van der Waals surface area contributed by atoms with Gasteiger partial charge in [0.25, 0.3) is 0 Å². The molecular formula is C17H25NO5. The molecule has 1 N–H and O–H groups in total. The summed E-state index contributed by atoms with van der Waals surface area (Å²) in [4.78, 5) is 23.2. The minimum atomic E-state index is -0.524. The van der Waals surface area contributed by atoms with Crippen molar-refractivity contribution in [3.8, 4) is 5.75 Å². The van der Waals surface area contributed by atoms with Crippen LogP contribution in [0, 0.1) is 0 Å². The molecular weight excluding hydrogens is 298 g/mol. The number of esters is 1. The van der Waals surface area contributed by atoms with Gasteiger partial charge in [-0.25, -0.2) is 9.59 Å². The quantitative estimate of drug-likeness (QED) is 0.616. The zero-order valence-electron chi connectivity index (χ0n) is 14.2. The Bertz CT molecular complexity index is 505. The second kappa shape index (κ2) is 9.02. The molecule has 0 bridgehead atoms. The number of ether oxygens (including phenoxy) is 3. The van der Waals surface area contributed by atoms with Crippen molar-refractivity contribution in [3.05, 3.63) is 29.8 Å². The van der Waals surface area contributed by atoms with E-state index < -0.39 is 17.7 Å². The van der Waals surface area contributed by atoms with Gasteiger partial charge in [-0.1, -0.05) is 0 Å². The van der Waals surface area contributed by atoms with Gasteiger partial charge in [0.15, 0.2) is 0 Å². The molecule has 1 aromatic rings. The lowest BCUT2D eigenvalue weighted by molar-refractivity contribution is 0.0483. The maximum Gasteiger partial charge on any atom is 0.407 e. The van der Waals surface area contributed by atoms with Gasteiger partial charge < -0.3 is 19.5 Å². The number of carbonyl (C=O) groups excluding carboxylic acids is 2. The number of amides is 1. The summed E-state index contributed by atoms with van der Waals surface area (Å²) in [5, 5.41) is 2.61. The molecule has 1 amide bonds. The summed E-state index contributed by atoms with van der Waals surface area (Å²) in [5.41, 5.74) is -0.0574. The maximum absolute atomic E-state index is 11.8. The Morgan fingerprint density at radius 3 is 2.35 bits per heavy atom. The molecule has 0 aliphatic rings. The molecule has 0 fully saturated rings. The van der Waals surface area contributed by atoms with Gasteiger partial charge in [0.1, 0.15) is 11.4 Å². The van der Waals surface area contributed by atoms with Crippen LogP contribution < -0.4 is 10.1 Å². The normalized spacial score (nSPS) is 10.8. The average molecular weight is 323 g/mol. The minimum Gasteiger partial charge on any atom is -0.494 e. The Kier molecular flexibility index (Phi) is 7.38. The fourth-order valence-electron chi connectivity index (χ4n) is 1.68. The van der Waals surface area contributed by atoms with Crippen LogP contribution >= 0.6 is 0 Å². The van der Waals surface area contributed by atoms with Gasteiger partial charge in [0, 0.05) is 6.54 Å². The van der Waals surface area contributed by atoms with Gasteiger partial charge in [-0.3, -0.25) is 0 Å². The summed E-state index contributed by atoms with van der Waals surface area (Å²) in [6.07, 6.45) is 0.0393. The fraction of sp³-hybridized carbons (Fsp3) is 0.529. The van der Waals surface area contributed by atoms with Crippen molar-refractivity contribution in [2.45, 2.75) is 39.7 Å². The van der Waals surface area contributed by atoms with E-state index in [2.05, 4.69) is 5.32 Å². The molecule has 0 unspecified atom stereocenters. The predicted molar refractivity (Wildman–Crippen MR) is 86.7 cm³/mol. The lowest BCUT2D eigenvalue weighted by Crippen LogP contribution is -2.33. The lowest BCUT2D eigenvalue weighted by atomic mass is 10.2. The molecule has 0 aliphatic heterocycles. The van der Waals surface area contributed by atoms with E-state index in [1.807, 2.05) is 6.92 Å². The van der Waals surface area contributed by atoms with Crippen molar-refractivity contribution in [2.75, 3.05) is 19.8 Å². The highest BCUT2D eigenvalue weighted by atomic mass is 16.6. The van der Waals surface area contributed by atoms with Gasteiger partial charge in [0.05, 0.1) is 18.8 Å². The van der Waals surface area contributed by atoms with E-state index in [9.17, 15) is 9.59 Å². The molecule has 0 spiro atoms. The van der Waals surface area contributed by atoms with Crippen LogP contribution in [-0.2, 0) is 9.47 Å². The first-order chi connectivity index (χ1) is 10.8. The second-order valence-electron chi connectivity index (χ2n) is 5.88. The second-order valence-corrected chi connectivity index (χ2v) is 5.88. The maximum atomic E-state index is 11.8. The Labute approximate surface area is 137 Å². The first-order valence-corrected chi connectivity index (χ1v) is 7.68. The molecule has 0 saturated carbocycles. The summed E-state index contributed by atoms with van der Waals surface area (Å²) in [6.45, 7) is 8.47. The van der Waals surface area contributed by atoms with Crippen LogP contribution in [0.2, 0.25) is 0 Å². The average Bonchev–Trinajstić information content (AvgIpc) is 2.46. The van der Waals surface area contributed by atoms with Gasteiger partial charge in [0.2, 0.25) is 0 Å². The number of benzene rings is 1. The molecule has 128 valence electrons. The molecule has 0 heterocycles. The number of hydrogen-bond donors (Lipinski definition) is 1. The van der Waals surface area contributed by atoms with Gasteiger partial charge in [-0.2, -0.15) is 0 Å². The van der Waals surface area contributed by atoms with Gasteiger partial charge >= 0.3 is 12.1 Å². The summed E-state index contributed by atoms with van der Waals surface area (Å²) < 4.78 is 15.5. The van der Waals surface area contributed by atoms with Crippen LogP contribution in [0.15, 0.2) is 24.3 Å². The van der Waals surface area contributed by atoms with Crippen molar-refractivity contribution in [1.82, 2.24) is 5.32 Å². The third-order valence-corrected chi connectivity index (χ3v) is 2.62. The highest BCUT2D eigenvalue weighted by Crippen LogP contribution is 2.12. The zero-order valence-corrected chi connectivity index (χ0v) is 14.2.